The standard InChI is InChI=1S/C22H21N3O3S2/c1-13-18(12-19(23)27)29-22(24-13)30-20(15-7-4-3-5-8-15)21(28)25-17-10-6-9-16(11-17)14(2)26/h3-11,20H,12H2,1-2H3,(H2,23,27)(H,25,28)/t20-/m0/s1. The van der Waals surface area contributed by atoms with Crippen molar-refractivity contribution in [1.82, 2.24) is 4.98 Å². The molecule has 3 rings (SSSR count). The number of thiazole rings is 1. The van der Waals surface area contributed by atoms with Gasteiger partial charge in [0.2, 0.25) is 11.8 Å². The first-order valence-electron chi connectivity index (χ1n) is 9.21. The number of amides is 2. The first kappa shape index (κ1) is 21.7. The maximum absolute atomic E-state index is 13.2. The molecule has 2 amide bonds. The second kappa shape index (κ2) is 9.69. The van der Waals surface area contributed by atoms with Gasteiger partial charge in [0.25, 0.3) is 0 Å². The summed E-state index contributed by atoms with van der Waals surface area (Å²) in [5.74, 6) is -0.711. The van der Waals surface area contributed by atoms with Crippen molar-refractivity contribution < 1.29 is 14.4 Å². The van der Waals surface area contributed by atoms with Crippen LogP contribution in [-0.4, -0.2) is 22.6 Å². The molecule has 0 spiro atoms. The average Bonchev–Trinajstić information content (AvgIpc) is 3.05. The highest BCUT2D eigenvalue weighted by atomic mass is 32.2. The van der Waals surface area contributed by atoms with Crippen molar-refractivity contribution in [2.24, 2.45) is 5.73 Å². The zero-order chi connectivity index (χ0) is 21.7. The van der Waals surface area contributed by atoms with E-state index in [1.165, 1.54) is 30.0 Å². The Balaban J connectivity index is 1.86. The van der Waals surface area contributed by atoms with Gasteiger partial charge in [-0.3, -0.25) is 14.4 Å². The van der Waals surface area contributed by atoms with Crippen LogP contribution in [0.3, 0.4) is 0 Å². The van der Waals surface area contributed by atoms with E-state index in [0.29, 0.717) is 15.6 Å². The summed E-state index contributed by atoms with van der Waals surface area (Å²) in [6.45, 7) is 3.31. The van der Waals surface area contributed by atoms with Crippen molar-refractivity contribution in [3.05, 3.63) is 76.3 Å². The summed E-state index contributed by atoms with van der Waals surface area (Å²) in [6.07, 6.45) is 0.129. The smallest absolute Gasteiger partial charge is 0.242 e. The van der Waals surface area contributed by atoms with Gasteiger partial charge in [-0.25, -0.2) is 4.98 Å². The van der Waals surface area contributed by atoms with E-state index in [4.69, 9.17) is 5.73 Å². The van der Waals surface area contributed by atoms with Crippen molar-refractivity contribution in [3.63, 3.8) is 0 Å². The van der Waals surface area contributed by atoms with Gasteiger partial charge in [0.1, 0.15) is 5.25 Å². The van der Waals surface area contributed by atoms with Crippen LogP contribution in [0, 0.1) is 6.92 Å². The van der Waals surface area contributed by atoms with Gasteiger partial charge in [-0.05, 0) is 31.5 Å². The van der Waals surface area contributed by atoms with Gasteiger partial charge < -0.3 is 11.1 Å². The molecule has 3 aromatic rings. The molecule has 0 bridgehead atoms. The van der Waals surface area contributed by atoms with Crippen LogP contribution in [0.15, 0.2) is 58.9 Å². The van der Waals surface area contributed by atoms with Crippen LogP contribution in [-0.2, 0) is 16.0 Å². The van der Waals surface area contributed by atoms with Crippen molar-refractivity contribution in [1.29, 1.82) is 0 Å². The number of thioether (sulfide) groups is 1. The van der Waals surface area contributed by atoms with Gasteiger partial charge in [-0.15, -0.1) is 11.3 Å². The predicted octanol–water partition coefficient (Wildman–Crippen LogP) is 4.15. The van der Waals surface area contributed by atoms with Crippen LogP contribution in [0.5, 0.6) is 0 Å². The molecule has 6 nitrogen and oxygen atoms in total. The lowest BCUT2D eigenvalue weighted by atomic mass is 10.1. The van der Waals surface area contributed by atoms with Gasteiger partial charge in [0, 0.05) is 16.1 Å². The number of aromatic nitrogens is 1. The van der Waals surface area contributed by atoms with E-state index >= 15 is 0 Å². The fourth-order valence-corrected chi connectivity index (χ4v) is 5.23. The zero-order valence-electron chi connectivity index (χ0n) is 16.5. The monoisotopic (exact) mass is 439 g/mol. The van der Waals surface area contributed by atoms with E-state index in [0.717, 1.165) is 16.1 Å². The summed E-state index contributed by atoms with van der Waals surface area (Å²) < 4.78 is 0.685. The molecule has 1 heterocycles. The fraction of sp³-hybridized carbons (Fsp3) is 0.182. The maximum atomic E-state index is 13.2. The summed E-state index contributed by atoms with van der Waals surface area (Å²) in [6, 6.07) is 16.2. The molecule has 0 aliphatic carbocycles. The van der Waals surface area contributed by atoms with E-state index in [1.54, 1.807) is 24.3 Å². The number of ketones is 1. The Morgan fingerprint density at radius 3 is 2.53 bits per heavy atom. The largest absolute Gasteiger partial charge is 0.369 e. The number of Topliss-reactive ketones (excluding diaryl/α,β-unsaturated/α-hetero) is 1. The third-order valence-corrected chi connectivity index (χ3v) is 6.81. The molecule has 0 unspecified atom stereocenters. The Labute approximate surface area is 182 Å². The number of nitrogens with two attached hydrogens (primary N) is 1. The van der Waals surface area contributed by atoms with Crippen LogP contribution in [0.4, 0.5) is 5.69 Å². The average molecular weight is 440 g/mol. The summed E-state index contributed by atoms with van der Waals surface area (Å²) >= 11 is 2.69. The lowest BCUT2D eigenvalue weighted by molar-refractivity contribution is -0.117. The van der Waals surface area contributed by atoms with Gasteiger partial charge in [-0.2, -0.15) is 0 Å². The molecule has 2 aromatic carbocycles. The summed E-state index contributed by atoms with van der Waals surface area (Å²) in [5.41, 5.74) is 7.96. The van der Waals surface area contributed by atoms with E-state index in [9.17, 15) is 14.4 Å². The Hall–Kier alpha value is -2.97. The molecular formula is C22H21N3O3S2. The summed E-state index contributed by atoms with van der Waals surface area (Å²) in [5, 5.41) is 2.34. The maximum Gasteiger partial charge on any atom is 0.242 e. The van der Waals surface area contributed by atoms with Crippen LogP contribution < -0.4 is 11.1 Å². The fourth-order valence-electron chi connectivity index (χ4n) is 2.80. The predicted molar refractivity (Wildman–Crippen MR) is 120 cm³/mol. The van der Waals surface area contributed by atoms with Gasteiger partial charge in [0.05, 0.1) is 12.1 Å². The highest BCUT2D eigenvalue weighted by molar-refractivity contribution is 8.01. The van der Waals surface area contributed by atoms with Gasteiger partial charge in [0.15, 0.2) is 10.1 Å². The first-order chi connectivity index (χ1) is 14.3. The highest BCUT2D eigenvalue weighted by Crippen LogP contribution is 2.39. The van der Waals surface area contributed by atoms with Gasteiger partial charge >= 0.3 is 0 Å². The van der Waals surface area contributed by atoms with E-state index in [-0.39, 0.29) is 18.1 Å². The molecule has 1 atom stereocenters. The number of carbonyl (C=O) groups excluding carboxylic acids is 3. The topological polar surface area (TPSA) is 102 Å². The van der Waals surface area contributed by atoms with E-state index < -0.39 is 11.2 Å². The highest BCUT2D eigenvalue weighted by Gasteiger charge is 2.24. The van der Waals surface area contributed by atoms with E-state index in [2.05, 4.69) is 10.3 Å². The number of aryl methyl sites for hydroxylation is 1. The molecular weight excluding hydrogens is 418 g/mol. The Morgan fingerprint density at radius 2 is 1.87 bits per heavy atom. The third-order valence-electron chi connectivity index (χ3n) is 4.30. The number of benzene rings is 2. The molecule has 0 saturated carbocycles. The minimum absolute atomic E-state index is 0.0691. The van der Waals surface area contributed by atoms with Crippen LogP contribution >= 0.6 is 23.1 Å². The van der Waals surface area contributed by atoms with E-state index in [1.807, 2.05) is 37.3 Å². The lowest BCUT2D eigenvalue weighted by Gasteiger charge is -2.16. The number of anilines is 1. The quantitative estimate of drug-likeness (QED) is 0.405. The molecule has 154 valence electrons. The minimum atomic E-state index is -0.556. The van der Waals surface area contributed by atoms with Crippen LogP contribution in [0.25, 0.3) is 0 Å². The second-order valence-corrected chi connectivity index (χ2v) is 9.10. The number of rotatable bonds is 8. The number of carbonyl (C=O) groups is 3. The minimum Gasteiger partial charge on any atom is -0.369 e. The number of hydrogen-bond acceptors (Lipinski definition) is 6. The first-order valence-corrected chi connectivity index (χ1v) is 10.9. The molecule has 0 radical (unpaired) electrons. The normalized spacial score (nSPS) is 11.7. The molecule has 0 aliphatic heterocycles. The number of nitrogens with zero attached hydrogens (tertiary/aromatic N) is 1. The van der Waals surface area contributed by atoms with Crippen molar-refractivity contribution in [2.75, 3.05) is 5.32 Å². The van der Waals surface area contributed by atoms with Gasteiger partial charge in [-0.1, -0.05) is 54.2 Å². The third kappa shape index (κ3) is 5.55. The molecule has 0 saturated heterocycles. The van der Waals surface area contributed by atoms with Crippen molar-refractivity contribution >= 4 is 46.4 Å². The van der Waals surface area contributed by atoms with Crippen LogP contribution in [0.2, 0.25) is 0 Å². The van der Waals surface area contributed by atoms with Crippen LogP contribution in [0.1, 0.15) is 38.7 Å². The molecule has 1 aromatic heterocycles. The lowest BCUT2D eigenvalue weighted by Crippen LogP contribution is -2.19. The SMILES string of the molecule is CC(=O)c1cccc(NC(=O)[C@@H](Sc2nc(C)c(CC(N)=O)s2)c2ccccc2)c1. The molecule has 8 heteroatoms. The summed E-state index contributed by atoms with van der Waals surface area (Å²) in [7, 11) is 0. The van der Waals surface area contributed by atoms with Crippen molar-refractivity contribution in [3.8, 4) is 0 Å². The Bertz CT molecular complexity index is 1080. The number of nitrogens with one attached hydrogen (secondary N) is 1. The number of hydrogen-bond donors (Lipinski definition) is 2. The zero-order valence-corrected chi connectivity index (χ0v) is 18.2. The molecule has 0 fully saturated rings. The Kier molecular flexibility index (Phi) is 7.02. The summed E-state index contributed by atoms with van der Waals surface area (Å²) in [4.78, 5) is 41.4. The second-order valence-electron chi connectivity index (χ2n) is 6.67. The molecule has 3 N–H and O–H groups in total. The van der Waals surface area contributed by atoms with Crippen molar-refractivity contribution in [2.45, 2.75) is 29.9 Å². The number of primary amides is 1. The molecule has 0 aliphatic rings. The molecule has 30 heavy (non-hydrogen) atoms. The Morgan fingerprint density at radius 1 is 1.13 bits per heavy atom.